The zero-order chi connectivity index (χ0) is 13.1. The molecule has 1 unspecified atom stereocenters. The van der Waals surface area contributed by atoms with Gasteiger partial charge in [0.25, 0.3) is 0 Å². The molecular weight excluding hydrogens is 226 g/mol. The Hall–Kier alpha value is -1.35. The predicted molar refractivity (Wildman–Crippen MR) is 71.3 cm³/mol. The molecule has 0 radical (unpaired) electrons. The van der Waals surface area contributed by atoms with E-state index in [0.717, 1.165) is 18.5 Å². The van der Waals surface area contributed by atoms with Crippen molar-refractivity contribution in [2.75, 3.05) is 13.1 Å². The third-order valence-electron chi connectivity index (χ3n) is 3.55. The van der Waals surface area contributed by atoms with E-state index in [-0.39, 0.29) is 5.91 Å². The minimum absolute atomic E-state index is 0.160. The number of aliphatic hydroxyl groups excluding tert-OH is 1. The molecule has 2 rings (SSSR count). The minimum Gasteiger partial charge on any atom is -0.387 e. The predicted octanol–water partition coefficient (Wildman–Crippen LogP) is 2.47. The SMILES string of the molecule is CC(C)c1ccc(C(O)CN2CCCC2=O)cc1. The Kier molecular flexibility index (Phi) is 4.02. The van der Waals surface area contributed by atoms with E-state index in [0.29, 0.717) is 18.9 Å². The van der Waals surface area contributed by atoms with E-state index in [1.807, 2.05) is 12.1 Å². The van der Waals surface area contributed by atoms with Gasteiger partial charge in [0.05, 0.1) is 12.6 Å². The van der Waals surface area contributed by atoms with Crippen molar-refractivity contribution < 1.29 is 9.90 Å². The van der Waals surface area contributed by atoms with E-state index in [4.69, 9.17) is 0 Å². The molecule has 3 heteroatoms. The molecule has 0 bridgehead atoms. The molecule has 1 aromatic rings. The van der Waals surface area contributed by atoms with Gasteiger partial charge in [0, 0.05) is 13.0 Å². The van der Waals surface area contributed by atoms with Crippen molar-refractivity contribution >= 4 is 5.91 Å². The Balaban J connectivity index is 2.00. The Morgan fingerprint density at radius 2 is 1.83 bits per heavy atom. The Morgan fingerprint density at radius 1 is 1.22 bits per heavy atom. The summed E-state index contributed by atoms with van der Waals surface area (Å²) >= 11 is 0. The van der Waals surface area contributed by atoms with Gasteiger partial charge >= 0.3 is 0 Å². The number of likely N-dealkylation sites (tertiary alicyclic amines) is 1. The van der Waals surface area contributed by atoms with Crippen LogP contribution in [0, 0.1) is 0 Å². The lowest BCUT2D eigenvalue weighted by Crippen LogP contribution is -2.29. The molecule has 1 N–H and O–H groups in total. The summed E-state index contributed by atoms with van der Waals surface area (Å²) < 4.78 is 0. The minimum atomic E-state index is -0.576. The van der Waals surface area contributed by atoms with Gasteiger partial charge in [0.1, 0.15) is 0 Å². The molecule has 1 amide bonds. The summed E-state index contributed by atoms with van der Waals surface area (Å²) in [5, 5.41) is 10.1. The van der Waals surface area contributed by atoms with E-state index in [9.17, 15) is 9.90 Å². The van der Waals surface area contributed by atoms with Crippen molar-refractivity contribution in [3.8, 4) is 0 Å². The summed E-state index contributed by atoms with van der Waals surface area (Å²) in [6.07, 6.45) is 0.963. The summed E-state index contributed by atoms with van der Waals surface area (Å²) in [6, 6.07) is 8.02. The normalized spacial score (nSPS) is 17.6. The van der Waals surface area contributed by atoms with Crippen LogP contribution in [-0.2, 0) is 4.79 Å². The standard InChI is InChI=1S/C15H21NO2/c1-11(2)12-5-7-13(8-6-12)14(17)10-16-9-3-4-15(16)18/h5-8,11,14,17H,3-4,9-10H2,1-2H3. The number of carbonyl (C=O) groups excluding carboxylic acids is 1. The molecule has 1 aliphatic heterocycles. The molecule has 1 fully saturated rings. The van der Waals surface area contributed by atoms with E-state index < -0.39 is 6.10 Å². The first-order valence-electron chi connectivity index (χ1n) is 6.63. The van der Waals surface area contributed by atoms with Crippen molar-refractivity contribution in [1.82, 2.24) is 4.90 Å². The molecule has 0 spiro atoms. The number of nitrogens with zero attached hydrogens (tertiary/aromatic N) is 1. The van der Waals surface area contributed by atoms with Crippen LogP contribution in [0.3, 0.4) is 0 Å². The van der Waals surface area contributed by atoms with Crippen LogP contribution in [0.4, 0.5) is 0 Å². The Labute approximate surface area is 108 Å². The molecule has 98 valence electrons. The topological polar surface area (TPSA) is 40.5 Å². The second-order valence-electron chi connectivity index (χ2n) is 5.28. The maximum atomic E-state index is 11.5. The summed E-state index contributed by atoms with van der Waals surface area (Å²) in [6.45, 7) is 5.49. The first kappa shape index (κ1) is 13.1. The highest BCUT2D eigenvalue weighted by Gasteiger charge is 2.23. The lowest BCUT2D eigenvalue weighted by Gasteiger charge is -2.20. The van der Waals surface area contributed by atoms with Crippen molar-refractivity contribution in [3.05, 3.63) is 35.4 Å². The highest BCUT2D eigenvalue weighted by Crippen LogP contribution is 2.21. The molecule has 1 aromatic carbocycles. The molecular formula is C15H21NO2. The van der Waals surface area contributed by atoms with Gasteiger partial charge < -0.3 is 10.0 Å². The van der Waals surface area contributed by atoms with Gasteiger partial charge in [-0.2, -0.15) is 0 Å². The third kappa shape index (κ3) is 2.91. The summed E-state index contributed by atoms with van der Waals surface area (Å²) in [5.74, 6) is 0.657. The molecule has 0 aliphatic carbocycles. The van der Waals surface area contributed by atoms with Crippen molar-refractivity contribution in [2.24, 2.45) is 0 Å². The van der Waals surface area contributed by atoms with E-state index >= 15 is 0 Å². The van der Waals surface area contributed by atoms with E-state index in [1.165, 1.54) is 5.56 Å². The number of β-amino-alcohol motifs (C(OH)–C–C–N with tert-alkyl or cyclic N) is 1. The summed E-state index contributed by atoms with van der Waals surface area (Å²) in [4.78, 5) is 13.3. The maximum absolute atomic E-state index is 11.5. The average molecular weight is 247 g/mol. The highest BCUT2D eigenvalue weighted by molar-refractivity contribution is 5.78. The molecule has 1 atom stereocenters. The first-order chi connectivity index (χ1) is 8.58. The fraction of sp³-hybridized carbons (Fsp3) is 0.533. The van der Waals surface area contributed by atoms with Crippen molar-refractivity contribution in [3.63, 3.8) is 0 Å². The summed E-state index contributed by atoms with van der Waals surface area (Å²) in [7, 11) is 0. The third-order valence-corrected chi connectivity index (χ3v) is 3.55. The molecule has 1 heterocycles. The number of benzene rings is 1. The number of carbonyl (C=O) groups is 1. The van der Waals surface area contributed by atoms with Crippen LogP contribution in [0.2, 0.25) is 0 Å². The van der Waals surface area contributed by atoms with Gasteiger partial charge in [-0.1, -0.05) is 38.1 Å². The Bertz CT molecular complexity index is 411. The number of hydrogen-bond donors (Lipinski definition) is 1. The quantitative estimate of drug-likeness (QED) is 0.888. The van der Waals surface area contributed by atoms with Crippen LogP contribution in [0.15, 0.2) is 24.3 Å². The number of amides is 1. The van der Waals surface area contributed by atoms with Gasteiger partial charge in [-0.25, -0.2) is 0 Å². The van der Waals surface area contributed by atoms with E-state index in [2.05, 4.69) is 26.0 Å². The highest BCUT2D eigenvalue weighted by atomic mass is 16.3. The van der Waals surface area contributed by atoms with Crippen LogP contribution < -0.4 is 0 Å². The van der Waals surface area contributed by atoms with Gasteiger partial charge in [0.15, 0.2) is 0 Å². The first-order valence-corrected chi connectivity index (χ1v) is 6.63. The van der Waals surface area contributed by atoms with Crippen LogP contribution >= 0.6 is 0 Å². The second-order valence-corrected chi connectivity index (χ2v) is 5.28. The fourth-order valence-corrected chi connectivity index (χ4v) is 2.31. The van der Waals surface area contributed by atoms with Crippen LogP contribution in [-0.4, -0.2) is 29.0 Å². The van der Waals surface area contributed by atoms with Gasteiger partial charge in [-0.3, -0.25) is 4.79 Å². The smallest absolute Gasteiger partial charge is 0.222 e. The molecule has 3 nitrogen and oxygen atoms in total. The summed E-state index contributed by atoms with van der Waals surface area (Å²) in [5.41, 5.74) is 2.15. The fourth-order valence-electron chi connectivity index (χ4n) is 2.31. The lowest BCUT2D eigenvalue weighted by molar-refractivity contribution is -0.128. The zero-order valence-corrected chi connectivity index (χ0v) is 11.1. The number of hydrogen-bond acceptors (Lipinski definition) is 2. The van der Waals surface area contributed by atoms with Gasteiger partial charge in [-0.15, -0.1) is 0 Å². The number of rotatable bonds is 4. The monoisotopic (exact) mass is 247 g/mol. The molecule has 0 aromatic heterocycles. The molecule has 18 heavy (non-hydrogen) atoms. The van der Waals surface area contributed by atoms with Gasteiger partial charge in [0.2, 0.25) is 5.91 Å². The maximum Gasteiger partial charge on any atom is 0.222 e. The lowest BCUT2D eigenvalue weighted by atomic mass is 10.00. The number of aliphatic hydroxyl groups is 1. The Morgan fingerprint density at radius 3 is 2.33 bits per heavy atom. The van der Waals surface area contributed by atoms with Crippen LogP contribution in [0.5, 0.6) is 0 Å². The van der Waals surface area contributed by atoms with Crippen molar-refractivity contribution in [1.29, 1.82) is 0 Å². The van der Waals surface area contributed by atoms with Gasteiger partial charge in [-0.05, 0) is 23.5 Å². The van der Waals surface area contributed by atoms with Crippen molar-refractivity contribution in [2.45, 2.75) is 38.7 Å². The zero-order valence-electron chi connectivity index (χ0n) is 11.1. The van der Waals surface area contributed by atoms with Crippen LogP contribution in [0.1, 0.15) is 49.8 Å². The largest absolute Gasteiger partial charge is 0.387 e. The van der Waals surface area contributed by atoms with Crippen LogP contribution in [0.25, 0.3) is 0 Å². The second kappa shape index (κ2) is 5.53. The average Bonchev–Trinajstić information content (AvgIpc) is 2.75. The van der Waals surface area contributed by atoms with E-state index in [1.54, 1.807) is 4.90 Å². The molecule has 1 aliphatic rings. The molecule has 0 saturated carbocycles. The molecule has 1 saturated heterocycles.